The van der Waals surface area contributed by atoms with Crippen LogP contribution in [0, 0.1) is 11.8 Å². The quantitative estimate of drug-likeness (QED) is 0.775. The minimum atomic E-state index is 0.346. The van der Waals surface area contributed by atoms with E-state index in [0.717, 1.165) is 51.1 Å². The van der Waals surface area contributed by atoms with Gasteiger partial charge in [0.25, 0.3) is 0 Å². The predicted octanol–water partition coefficient (Wildman–Crippen LogP) is 1.91. The van der Waals surface area contributed by atoms with Crippen molar-refractivity contribution in [1.29, 1.82) is 0 Å². The molecule has 0 N–H and O–H groups in total. The molecule has 2 saturated heterocycles. The Labute approximate surface area is 130 Å². The van der Waals surface area contributed by atoms with Gasteiger partial charge in [0.05, 0.1) is 6.54 Å². The molecule has 2 aliphatic heterocycles. The van der Waals surface area contributed by atoms with Crippen LogP contribution in [-0.2, 0) is 4.79 Å². The van der Waals surface area contributed by atoms with Crippen LogP contribution >= 0.6 is 0 Å². The van der Waals surface area contributed by atoms with Gasteiger partial charge < -0.3 is 4.90 Å². The molecule has 4 nitrogen and oxygen atoms in total. The Morgan fingerprint density at radius 3 is 2.33 bits per heavy atom. The summed E-state index contributed by atoms with van der Waals surface area (Å²) in [7, 11) is 0. The molecule has 2 heterocycles. The molecule has 122 valence electrons. The molecule has 2 fully saturated rings. The predicted molar refractivity (Wildman–Crippen MR) is 87.3 cm³/mol. The topological polar surface area (TPSA) is 26.8 Å². The Kier molecular flexibility index (Phi) is 6.06. The summed E-state index contributed by atoms with van der Waals surface area (Å²) in [6.07, 6.45) is 2.42. The second-order valence-electron chi connectivity index (χ2n) is 7.18. The second-order valence-corrected chi connectivity index (χ2v) is 7.18. The van der Waals surface area contributed by atoms with Gasteiger partial charge in [0, 0.05) is 45.3 Å². The molecule has 4 heteroatoms. The number of hydrogen-bond acceptors (Lipinski definition) is 3. The van der Waals surface area contributed by atoms with Crippen molar-refractivity contribution < 1.29 is 4.79 Å². The molecule has 2 unspecified atom stereocenters. The molecule has 2 atom stereocenters. The minimum Gasteiger partial charge on any atom is -0.341 e. The summed E-state index contributed by atoms with van der Waals surface area (Å²) in [5.74, 6) is 1.81. The van der Waals surface area contributed by atoms with Crippen LogP contribution in [0.15, 0.2) is 0 Å². The van der Waals surface area contributed by atoms with Gasteiger partial charge in [0.1, 0.15) is 0 Å². The van der Waals surface area contributed by atoms with E-state index in [4.69, 9.17) is 0 Å². The van der Waals surface area contributed by atoms with Gasteiger partial charge in [-0.3, -0.25) is 14.6 Å². The van der Waals surface area contributed by atoms with Crippen LogP contribution in [0.2, 0.25) is 0 Å². The lowest BCUT2D eigenvalue weighted by molar-refractivity contribution is -0.132. The van der Waals surface area contributed by atoms with Crippen molar-refractivity contribution in [2.45, 2.75) is 46.6 Å². The minimum absolute atomic E-state index is 0.346. The number of nitrogens with zero attached hydrogens (tertiary/aromatic N) is 3. The molecular weight excluding hydrogens is 262 g/mol. The van der Waals surface area contributed by atoms with Crippen LogP contribution in [0.5, 0.6) is 0 Å². The molecule has 0 saturated carbocycles. The zero-order valence-corrected chi connectivity index (χ0v) is 14.3. The van der Waals surface area contributed by atoms with E-state index >= 15 is 0 Å². The fourth-order valence-corrected chi connectivity index (χ4v) is 3.54. The molecule has 0 bridgehead atoms. The van der Waals surface area contributed by atoms with Gasteiger partial charge in [0.15, 0.2) is 0 Å². The van der Waals surface area contributed by atoms with Gasteiger partial charge in [0.2, 0.25) is 5.91 Å². The molecule has 0 aromatic rings. The number of carbonyl (C=O) groups excluding carboxylic acids is 1. The molecule has 0 aromatic carbocycles. The number of rotatable bonds is 5. The Morgan fingerprint density at radius 1 is 1.10 bits per heavy atom. The van der Waals surface area contributed by atoms with Crippen LogP contribution in [0.1, 0.15) is 40.5 Å². The zero-order chi connectivity index (χ0) is 15.4. The summed E-state index contributed by atoms with van der Waals surface area (Å²) in [4.78, 5) is 19.4. The molecule has 21 heavy (non-hydrogen) atoms. The van der Waals surface area contributed by atoms with Gasteiger partial charge in [-0.15, -0.1) is 0 Å². The van der Waals surface area contributed by atoms with Crippen molar-refractivity contribution in [2.24, 2.45) is 11.8 Å². The Balaban J connectivity index is 1.73. The van der Waals surface area contributed by atoms with Gasteiger partial charge in [-0.05, 0) is 32.1 Å². The van der Waals surface area contributed by atoms with Gasteiger partial charge in [-0.2, -0.15) is 0 Å². The van der Waals surface area contributed by atoms with E-state index in [1.54, 1.807) is 0 Å². The van der Waals surface area contributed by atoms with E-state index < -0.39 is 0 Å². The third-order valence-corrected chi connectivity index (χ3v) is 5.52. The van der Waals surface area contributed by atoms with Crippen molar-refractivity contribution >= 4 is 5.91 Å². The maximum atomic E-state index is 12.5. The summed E-state index contributed by atoms with van der Waals surface area (Å²) >= 11 is 0. The van der Waals surface area contributed by atoms with Gasteiger partial charge >= 0.3 is 0 Å². The van der Waals surface area contributed by atoms with E-state index in [0.29, 0.717) is 18.5 Å². The van der Waals surface area contributed by atoms with Crippen molar-refractivity contribution in [3.05, 3.63) is 0 Å². The van der Waals surface area contributed by atoms with Crippen LogP contribution in [0.4, 0.5) is 0 Å². The molecule has 0 aromatic heterocycles. The average Bonchev–Trinajstić information content (AvgIpc) is 2.97. The highest BCUT2D eigenvalue weighted by Gasteiger charge is 2.30. The summed E-state index contributed by atoms with van der Waals surface area (Å²) < 4.78 is 0. The number of carbonyl (C=O) groups is 1. The first-order valence-electron chi connectivity index (χ1n) is 8.75. The summed E-state index contributed by atoms with van der Waals surface area (Å²) in [5.41, 5.74) is 0. The van der Waals surface area contributed by atoms with E-state index in [2.05, 4.69) is 42.4 Å². The molecule has 1 amide bonds. The fraction of sp³-hybridized carbons (Fsp3) is 0.941. The Morgan fingerprint density at radius 2 is 1.76 bits per heavy atom. The lowest BCUT2D eigenvalue weighted by Gasteiger charge is -2.37. The number of amides is 1. The first-order chi connectivity index (χ1) is 10.0. The Bertz CT molecular complexity index is 337. The van der Waals surface area contributed by atoms with Crippen LogP contribution in [0.3, 0.4) is 0 Å². The maximum Gasteiger partial charge on any atom is 0.236 e. The molecule has 0 radical (unpaired) electrons. The smallest absolute Gasteiger partial charge is 0.236 e. The van der Waals surface area contributed by atoms with Crippen LogP contribution in [0.25, 0.3) is 0 Å². The van der Waals surface area contributed by atoms with Crippen molar-refractivity contribution in [1.82, 2.24) is 14.7 Å². The molecular formula is C17H33N3O. The number of hydrogen-bond donors (Lipinski definition) is 0. The van der Waals surface area contributed by atoms with Crippen LogP contribution in [-0.4, -0.2) is 72.5 Å². The van der Waals surface area contributed by atoms with E-state index in [9.17, 15) is 4.79 Å². The van der Waals surface area contributed by atoms with Crippen molar-refractivity contribution in [3.8, 4) is 0 Å². The maximum absolute atomic E-state index is 12.5. The SMILES string of the molecule is CCC(C)C1CCN(C(=O)CN2CCN(C(C)C)CC2)C1. The highest BCUT2D eigenvalue weighted by atomic mass is 16.2. The lowest BCUT2D eigenvalue weighted by atomic mass is 9.91. The molecule has 0 aliphatic carbocycles. The standard InChI is InChI=1S/C17H33N3O/c1-5-15(4)16-6-7-20(12-16)17(21)13-18-8-10-19(11-9-18)14(2)3/h14-16H,5-13H2,1-4H3. The largest absolute Gasteiger partial charge is 0.341 e. The average molecular weight is 295 g/mol. The van der Waals surface area contributed by atoms with Crippen LogP contribution < -0.4 is 0 Å². The second kappa shape index (κ2) is 7.59. The van der Waals surface area contributed by atoms with Gasteiger partial charge in [-0.1, -0.05) is 20.3 Å². The number of likely N-dealkylation sites (tertiary alicyclic amines) is 1. The van der Waals surface area contributed by atoms with Gasteiger partial charge in [-0.25, -0.2) is 0 Å². The lowest BCUT2D eigenvalue weighted by Crippen LogP contribution is -2.51. The van der Waals surface area contributed by atoms with E-state index in [1.807, 2.05) is 0 Å². The summed E-state index contributed by atoms with van der Waals surface area (Å²) in [5, 5.41) is 0. The summed E-state index contributed by atoms with van der Waals surface area (Å²) in [6, 6.07) is 0.623. The summed E-state index contributed by atoms with van der Waals surface area (Å²) in [6.45, 7) is 15.9. The first kappa shape index (κ1) is 16.8. The van der Waals surface area contributed by atoms with Crippen molar-refractivity contribution in [3.63, 3.8) is 0 Å². The fourth-order valence-electron chi connectivity index (χ4n) is 3.54. The van der Waals surface area contributed by atoms with E-state index in [-0.39, 0.29) is 0 Å². The molecule has 2 aliphatic rings. The highest BCUT2D eigenvalue weighted by Crippen LogP contribution is 2.26. The van der Waals surface area contributed by atoms with Crippen molar-refractivity contribution in [2.75, 3.05) is 45.8 Å². The molecule has 2 rings (SSSR count). The number of piperazine rings is 1. The Hall–Kier alpha value is -0.610. The molecule has 0 spiro atoms. The highest BCUT2D eigenvalue weighted by molar-refractivity contribution is 5.78. The first-order valence-corrected chi connectivity index (χ1v) is 8.75. The third kappa shape index (κ3) is 4.43. The normalized spacial score (nSPS) is 26.5. The zero-order valence-electron chi connectivity index (χ0n) is 14.3. The third-order valence-electron chi connectivity index (χ3n) is 5.52. The van der Waals surface area contributed by atoms with E-state index in [1.165, 1.54) is 12.8 Å². The monoisotopic (exact) mass is 295 g/mol.